The first-order valence-electron chi connectivity index (χ1n) is 6.10. The van der Waals surface area contributed by atoms with Gasteiger partial charge in [-0.2, -0.15) is 0 Å². The van der Waals surface area contributed by atoms with Crippen molar-refractivity contribution < 1.29 is 8.42 Å². The van der Waals surface area contributed by atoms with Crippen molar-refractivity contribution in [1.29, 1.82) is 0 Å². The van der Waals surface area contributed by atoms with E-state index in [1.165, 1.54) is 5.56 Å². The van der Waals surface area contributed by atoms with E-state index in [0.29, 0.717) is 11.4 Å². The molecule has 0 amide bonds. The highest BCUT2D eigenvalue weighted by Crippen LogP contribution is 2.12. The second-order valence-electron chi connectivity index (χ2n) is 4.57. The van der Waals surface area contributed by atoms with Crippen LogP contribution in [0.3, 0.4) is 0 Å². The lowest BCUT2D eigenvalue weighted by molar-refractivity contribution is 0.581. The molecule has 0 aliphatic carbocycles. The first kappa shape index (κ1) is 13.8. The zero-order chi connectivity index (χ0) is 13.9. The van der Waals surface area contributed by atoms with Crippen LogP contribution in [0.5, 0.6) is 0 Å². The van der Waals surface area contributed by atoms with E-state index in [4.69, 9.17) is 0 Å². The van der Waals surface area contributed by atoms with Crippen LogP contribution >= 0.6 is 0 Å². The quantitative estimate of drug-likeness (QED) is 0.932. The number of rotatable bonds is 4. The van der Waals surface area contributed by atoms with Crippen LogP contribution in [0.25, 0.3) is 0 Å². The van der Waals surface area contributed by atoms with Gasteiger partial charge in [-0.15, -0.1) is 0 Å². The van der Waals surface area contributed by atoms with Crippen LogP contribution in [0.4, 0.5) is 0 Å². The average Bonchev–Trinajstić information content (AvgIpc) is 2.39. The molecule has 3 nitrogen and oxygen atoms in total. The fourth-order valence-corrected chi connectivity index (χ4v) is 2.93. The Bertz CT molecular complexity index is 664. The van der Waals surface area contributed by atoms with Crippen molar-refractivity contribution in [3.05, 3.63) is 65.2 Å². The number of nitrogens with one attached hydrogen (secondary N) is 1. The SMILES string of the molecule is Cc1ccc(CNS(=O)(=O)c2ccccc2)c(C)c1. The summed E-state index contributed by atoms with van der Waals surface area (Å²) in [5.74, 6) is 0. The molecule has 1 N–H and O–H groups in total. The fraction of sp³-hybridized carbons (Fsp3) is 0.200. The lowest BCUT2D eigenvalue weighted by atomic mass is 10.1. The van der Waals surface area contributed by atoms with Crippen LogP contribution in [0.2, 0.25) is 0 Å². The number of hydrogen-bond acceptors (Lipinski definition) is 2. The summed E-state index contributed by atoms with van der Waals surface area (Å²) >= 11 is 0. The van der Waals surface area contributed by atoms with Gasteiger partial charge >= 0.3 is 0 Å². The summed E-state index contributed by atoms with van der Waals surface area (Å²) in [6.07, 6.45) is 0. The minimum absolute atomic E-state index is 0.291. The van der Waals surface area contributed by atoms with Gasteiger partial charge in [-0.1, -0.05) is 42.0 Å². The highest BCUT2D eigenvalue weighted by Gasteiger charge is 2.13. The Morgan fingerprint density at radius 2 is 1.68 bits per heavy atom. The molecule has 4 heteroatoms. The number of benzene rings is 2. The molecule has 0 saturated heterocycles. The molecular formula is C15H17NO2S. The third-order valence-electron chi connectivity index (χ3n) is 3.00. The molecule has 0 radical (unpaired) electrons. The minimum Gasteiger partial charge on any atom is -0.207 e. The van der Waals surface area contributed by atoms with Gasteiger partial charge in [0.25, 0.3) is 0 Å². The second kappa shape index (κ2) is 5.55. The van der Waals surface area contributed by atoms with Crippen molar-refractivity contribution in [3.8, 4) is 0 Å². The number of aryl methyl sites for hydroxylation is 2. The van der Waals surface area contributed by atoms with E-state index in [9.17, 15) is 8.42 Å². The molecule has 0 aliphatic heterocycles. The van der Waals surface area contributed by atoms with Crippen molar-refractivity contribution in [2.24, 2.45) is 0 Å². The Kier molecular flexibility index (Phi) is 4.02. The maximum atomic E-state index is 12.1. The van der Waals surface area contributed by atoms with E-state index in [2.05, 4.69) is 4.72 Å². The van der Waals surface area contributed by atoms with Gasteiger partial charge < -0.3 is 0 Å². The summed E-state index contributed by atoms with van der Waals surface area (Å²) < 4.78 is 26.8. The monoisotopic (exact) mass is 275 g/mol. The number of sulfonamides is 1. The average molecular weight is 275 g/mol. The Morgan fingerprint density at radius 3 is 2.32 bits per heavy atom. The van der Waals surface area contributed by atoms with Crippen molar-refractivity contribution in [3.63, 3.8) is 0 Å². The van der Waals surface area contributed by atoms with Crippen molar-refractivity contribution in [2.45, 2.75) is 25.3 Å². The highest BCUT2D eigenvalue weighted by atomic mass is 32.2. The highest BCUT2D eigenvalue weighted by molar-refractivity contribution is 7.89. The van der Waals surface area contributed by atoms with E-state index >= 15 is 0 Å². The lowest BCUT2D eigenvalue weighted by Gasteiger charge is -2.09. The minimum atomic E-state index is -3.44. The van der Waals surface area contributed by atoms with Crippen LogP contribution in [0.15, 0.2) is 53.4 Å². The smallest absolute Gasteiger partial charge is 0.207 e. The third kappa shape index (κ3) is 3.43. The lowest BCUT2D eigenvalue weighted by Crippen LogP contribution is -2.23. The summed E-state index contributed by atoms with van der Waals surface area (Å²) in [4.78, 5) is 0.291. The summed E-state index contributed by atoms with van der Waals surface area (Å²) in [6, 6.07) is 14.4. The normalized spacial score (nSPS) is 11.5. The van der Waals surface area contributed by atoms with Gasteiger partial charge in [0.05, 0.1) is 4.90 Å². The van der Waals surface area contributed by atoms with Crippen LogP contribution in [-0.2, 0) is 16.6 Å². The van der Waals surface area contributed by atoms with E-state index in [1.54, 1.807) is 30.3 Å². The zero-order valence-electron chi connectivity index (χ0n) is 11.1. The Balaban J connectivity index is 2.14. The molecular weight excluding hydrogens is 258 g/mol. The summed E-state index contributed by atoms with van der Waals surface area (Å²) in [6.45, 7) is 4.31. The number of hydrogen-bond donors (Lipinski definition) is 1. The summed E-state index contributed by atoms with van der Waals surface area (Å²) in [5.41, 5.74) is 3.26. The predicted octanol–water partition coefficient (Wildman–Crippen LogP) is 2.78. The van der Waals surface area contributed by atoms with Gasteiger partial charge in [0, 0.05) is 6.54 Å². The van der Waals surface area contributed by atoms with Crippen LogP contribution in [0.1, 0.15) is 16.7 Å². The van der Waals surface area contributed by atoms with Crippen molar-refractivity contribution in [2.75, 3.05) is 0 Å². The van der Waals surface area contributed by atoms with Gasteiger partial charge in [0.2, 0.25) is 10.0 Å². The van der Waals surface area contributed by atoms with Gasteiger partial charge in [-0.05, 0) is 37.1 Å². The van der Waals surface area contributed by atoms with E-state index < -0.39 is 10.0 Å². The Labute approximate surface area is 114 Å². The molecule has 2 aromatic rings. The first-order chi connectivity index (χ1) is 8.99. The maximum absolute atomic E-state index is 12.1. The van der Waals surface area contributed by atoms with Gasteiger partial charge in [0.1, 0.15) is 0 Å². The molecule has 0 aromatic heterocycles. The second-order valence-corrected chi connectivity index (χ2v) is 6.33. The predicted molar refractivity (Wildman–Crippen MR) is 76.4 cm³/mol. The molecule has 0 heterocycles. The first-order valence-corrected chi connectivity index (χ1v) is 7.58. The van der Waals surface area contributed by atoms with Crippen LogP contribution in [0, 0.1) is 13.8 Å². The molecule has 0 atom stereocenters. The third-order valence-corrected chi connectivity index (χ3v) is 4.42. The molecule has 0 aliphatic rings. The standard InChI is InChI=1S/C15H17NO2S/c1-12-8-9-14(13(2)10-12)11-16-19(17,18)15-6-4-3-5-7-15/h3-10,16H,11H2,1-2H3. The van der Waals surface area contributed by atoms with Crippen molar-refractivity contribution >= 4 is 10.0 Å². The maximum Gasteiger partial charge on any atom is 0.240 e. The van der Waals surface area contributed by atoms with E-state index in [1.807, 2.05) is 32.0 Å². The van der Waals surface area contributed by atoms with Gasteiger partial charge in [0.15, 0.2) is 0 Å². The molecule has 100 valence electrons. The molecule has 0 fully saturated rings. The van der Waals surface area contributed by atoms with Gasteiger partial charge in [-0.3, -0.25) is 0 Å². The molecule has 0 unspecified atom stereocenters. The molecule has 0 bridgehead atoms. The molecule has 2 aromatic carbocycles. The van der Waals surface area contributed by atoms with Crippen molar-refractivity contribution in [1.82, 2.24) is 4.72 Å². The molecule has 0 spiro atoms. The van der Waals surface area contributed by atoms with E-state index in [-0.39, 0.29) is 0 Å². The van der Waals surface area contributed by atoms with E-state index in [0.717, 1.165) is 11.1 Å². The van der Waals surface area contributed by atoms with Crippen LogP contribution in [-0.4, -0.2) is 8.42 Å². The Hall–Kier alpha value is -1.65. The summed E-state index contributed by atoms with van der Waals surface area (Å²) in [5, 5.41) is 0. The Morgan fingerprint density at radius 1 is 1.00 bits per heavy atom. The van der Waals surface area contributed by atoms with Crippen LogP contribution < -0.4 is 4.72 Å². The molecule has 2 rings (SSSR count). The fourth-order valence-electron chi connectivity index (χ4n) is 1.90. The molecule has 0 saturated carbocycles. The summed E-state index contributed by atoms with van der Waals surface area (Å²) in [7, 11) is -3.44. The molecule has 19 heavy (non-hydrogen) atoms. The zero-order valence-corrected chi connectivity index (χ0v) is 11.9. The van der Waals surface area contributed by atoms with Gasteiger partial charge in [-0.25, -0.2) is 13.1 Å². The topological polar surface area (TPSA) is 46.2 Å². The largest absolute Gasteiger partial charge is 0.240 e.